The van der Waals surface area contributed by atoms with Crippen molar-refractivity contribution in [1.29, 1.82) is 0 Å². The second-order valence-electron chi connectivity index (χ2n) is 6.14. The molecule has 4 aromatic rings. The zero-order valence-electron chi connectivity index (χ0n) is 15.4. The molecular formula is C20H19N2O5P. The molecule has 0 fully saturated rings. The molecule has 1 atom stereocenters. The fourth-order valence-electron chi connectivity index (χ4n) is 3.02. The quantitative estimate of drug-likeness (QED) is 0.471. The Morgan fingerprint density at radius 2 is 1.75 bits per heavy atom. The van der Waals surface area contributed by atoms with Crippen molar-refractivity contribution in [2.45, 2.75) is 5.85 Å². The molecule has 0 aliphatic rings. The number of fused-ring (bicyclic) bond motifs is 1. The second-order valence-corrected chi connectivity index (χ2v) is 8.44. The van der Waals surface area contributed by atoms with Crippen LogP contribution in [0.2, 0.25) is 0 Å². The lowest BCUT2D eigenvalue weighted by molar-refractivity contribution is 0.176. The summed E-state index contributed by atoms with van der Waals surface area (Å²) in [6, 6.07) is 18.8. The maximum Gasteiger partial charge on any atom is 0.363 e. The summed E-state index contributed by atoms with van der Waals surface area (Å²) in [5.41, 5.74) is 2.12. The van der Waals surface area contributed by atoms with Crippen molar-refractivity contribution in [1.82, 2.24) is 9.78 Å². The first-order valence-electron chi connectivity index (χ1n) is 8.59. The van der Waals surface area contributed by atoms with Crippen molar-refractivity contribution in [2.75, 3.05) is 14.2 Å². The fraction of sp³-hybridized carbons (Fsp3) is 0.150. The first-order valence-corrected chi connectivity index (χ1v) is 10.2. The monoisotopic (exact) mass is 398 g/mol. The molecule has 2 aromatic heterocycles. The zero-order valence-corrected chi connectivity index (χ0v) is 16.2. The van der Waals surface area contributed by atoms with E-state index >= 15 is 0 Å². The molecule has 2 heterocycles. The van der Waals surface area contributed by atoms with E-state index < -0.39 is 13.4 Å². The van der Waals surface area contributed by atoms with Gasteiger partial charge in [0.2, 0.25) is 0 Å². The molecule has 1 N–H and O–H groups in total. The average molecular weight is 398 g/mol. The van der Waals surface area contributed by atoms with Crippen LogP contribution in [-0.4, -0.2) is 29.1 Å². The van der Waals surface area contributed by atoms with Gasteiger partial charge >= 0.3 is 7.60 Å². The van der Waals surface area contributed by atoms with Crippen LogP contribution in [0.1, 0.15) is 11.4 Å². The standard InChI is InChI=1S/C20H19N2O5P/c1-25-28(24,26-2)20(23)16-13-22(15-9-4-3-5-10-15)21-19(16)18-12-14-8-6-7-11-17(14)27-18/h3-13,20,23H,1-2H3. The highest BCUT2D eigenvalue weighted by Gasteiger charge is 2.37. The van der Waals surface area contributed by atoms with Crippen LogP contribution < -0.4 is 0 Å². The van der Waals surface area contributed by atoms with E-state index in [1.165, 1.54) is 14.2 Å². The number of hydrogen-bond acceptors (Lipinski definition) is 6. The van der Waals surface area contributed by atoms with E-state index in [1.807, 2.05) is 60.7 Å². The van der Waals surface area contributed by atoms with Gasteiger partial charge in [0.15, 0.2) is 11.6 Å². The highest BCUT2D eigenvalue weighted by molar-refractivity contribution is 7.54. The van der Waals surface area contributed by atoms with Gasteiger partial charge in [-0.3, -0.25) is 4.57 Å². The van der Waals surface area contributed by atoms with E-state index in [0.717, 1.165) is 11.1 Å². The maximum absolute atomic E-state index is 12.8. The summed E-state index contributed by atoms with van der Waals surface area (Å²) >= 11 is 0. The largest absolute Gasteiger partial charge is 0.454 e. The van der Waals surface area contributed by atoms with Crippen molar-refractivity contribution in [3.63, 3.8) is 0 Å². The zero-order chi connectivity index (χ0) is 19.7. The summed E-state index contributed by atoms with van der Waals surface area (Å²) in [4.78, 5) is 0. The van der Waals surface area contributed by atoms with Gasteiger partial charge < -0.3 is 18.6 Å². The van der Waals surface area contributed by atoms with E-state index in [9.17, 15) is 9.67 Å². The van der Waals surface area contributed by atoms with Crippen LogP contribution in [0.5, 0.6) is 0 Å². The number of furan rings is 1. The van der Waals surface area contributed by atoms with Gasteiger partial charge in [0.25, 0.3) is 0 Å². The number of nitrogens with zero attached hydrogens (tertiary/aromatic N) is 2. The molecule has 0 aliphatic carbocycles. The van der Waals surface area contributed by atoms with Crippen LogP contribution >= 0.6 is 7.60 Å². The van der Waals surface area contributed by atoms with Crippen LogP contribution in [0.25, 0.3) is 28.1 Å². The summed E-state index contributed by atoms with van der Waals surface area (Å²) in [5.74, 6) is -1.08. The van der Waals surface area contributed by atoms with Crippen molar-refractivity contribution >= 4 is 18.6 Å². The minimum atomic E-state index is -3.79. The summed E-state index contributed by atoms with van der Waals surface area (Å²) in [5, 5.41) is 16.3. The maximum atomic E-state index is 12.8. The van der Waals surface area contributed by atoms with Crippen molar-refractivity contribution in [3.8, 4) is 17.1 Å². The Kier molecular flexibility index (Phi) is 4.91. The van der Waals surface area contributed by atoms with Gasteiger partial charge in [-0.2, -0.15) is 5.10 Å². The third-order valence-electron chi connectivity index (χ3n) is 4.51. The Hall–Kier alpha value is -2.70. The van der Waals surface area contributed by atoms with Crippen molar-refractivity contribution in [2.24, 2.45) is 0 Å². The Bertz CT molecular complexity index is 1110. The molecular weight excluding hydrogens is 379 g/mol. The first kappa shape index (κ1) is 18.7. The summed E-state index contributed by atoms with van der Waals surface area (Å²) < 4.78 is 30.3. The Morgan fingerprint density at radius 1 is 1.07 bits per heavy atom. The Balaban J connectivity index is 1.90. The van der Waals surface area contributed by atoms with Crippen LogP contribution in [0, 0.1) is 0 Å². The Labute approximate surface area is 161 Å². The molecule has 0 saturated carbocycles. The summed E-state index contributed by atoms with van der Waals surface area (Å²) in [7, 11) is -1.33. The number of aliphatic hydroxyl groups is 1. The molecule has 8 heteroatoms. The van der Waals surface area contributed by atoms with Gasteiger partial charge in [-0.05, 0) is 24.3 Å². The topological polar surface area (TPSA) is 86.7 Å². The highest BCUT2D eigenvalue weighted by atomic mass is 31.2. The number of para-hydroxylation sites is 2. The predicted molar refractivity (Wildman–Crippen MR) is 105 cm³/mol. The molecule has 0 aliphatic heterocycles. The number of rotatable bonds is 6. The van der Waals surface area contributed by atoms with Crippen molar-refractivity contribution in [3.05, 3.63) is 72.4 Å². The molecule has 0 amide bonds. The van der Waals surface area contributed by atoms with Gasteiger partial charge in [-0.25, -0.2) is 4.68 Å². The number of benzene rings is 2. The fourth-order valence-corrected chi connectivity index (χ4v) is 4.10. The first-order chi connectivity index (χ1) is 13.6. The highest BCUT2D eigenvalue weighted by Crippen LogP contribution is 2.59. The average Bonchev–Trinajstić information content (AvgIpc) is 3.37. The van der Waals surface area contributed by atoms with Crippen LogP contribution in [-0.2, 0) is 13.6 Å². The van der Waals surface area contributed by atoms with Gasteiger partial charge in [0, 0.05) is 31.4 Å². The molecule has 1 unspecified atom stereocenters. The van der Waals surface area contributed by atoms with E-state index in [2.05, 4.69) is 5.10 Å². The second kappa shape index (κ2) is 7.37. The SMILES string of the molecule is COP(=O)(OC)C(O)c1cn(-c2ccccc2)nc1-c1cc2ccccc2o1. The van der Waals surface area contributed by atoms with Crippen molar-refractivity contribution < 1.29 is 23.1 Å². The molecule has 0 saturated heterocycles. The lowest BCUT2D eigenvalue weighted by Gasteiger charge is -2.19. The number of hydrogen-bond donors (Lipinski definition) is 1. The number of aliphatic hydroxyl groups excluding tert-OH is 1. The summed E-state index contributed by atoms with van der Waals surface area (Å²) in [6.07, 6.45) is 1.60. The van der Waals surface area contributed by atoms with Crippen LogP contribution in [0.15, 0.2) is 71.3 Å². The lowest BCUT2D eigenvalue weighted by atomic mass is 10.2. The molecule has 7 nitrogen and oxygen atoms in total. The molecule has 4 rings (SSSR count). The lowest BCUT2D eigenvalue weighted by Crippen LogP contribution is -2.03. The molecule has 144 valence electrons. The van der Waals surface area contributed by atoms with Gasteiger partial charge in [0.05, 0.1) is 5.69 Å². The molecule has 2 aromatic carbocycles. The minimum absolute atomic E-state index is 0.287. The van der Waals surface area contributed by atoms with Crippen LogP contribution in [0.3, 0.4) is 0 Å². The van der Waals surface area contributed by atoms with Crippen LogP contribution in [0.4, 0.5) is 0 Å². The normalized spacial score (nSPS) is 13.1. The smallest absolute Gasteiger partial charge is 0.363 e. The minimum Gasteiger partial charge on any atom is -0.454 e. The van der Waals surface area contributed by atoms with Gasteiger partial charge in [-0.15, -0.1) is 0 Å². The van der Waals surface area contributed by atoms with E-state index in [-0.39, 0.29) is 5.56 Å². The Morgan fingerprint density at radius 3 is 2.43 bits per heavy atom. The van der Waals surface area contributed by atoms with E-state index in [0.29, 0.717) is 17.0 Å². The number of aromatic nitrogens is 2. The van der Waals surface area contributed by atoms with Gasteiger partial charge in [-0.1, -0.05) is 36.4 Å². The van der Waals surface area contributed by atoms with E-state index in [1.54, 1.807) is 10.9 Å². The molecule has 28 heavy (non-hydrogen) atoms. The molecule has 0 spiro atoms. The molecule has 0 radical (unpaired) electrons. The van der Waals surface area contributed by atoms with E-state index in [4.69, 9.17) is 13.5 Å². The third-order valence-corrected chi connectivity index (χ3v) is 6.40. The summed E-state index contributed by atoms with van der Waals surface area (Å²) in [6.45, 7) is 0. The van der Waals surface area contributed by atoms with Gasteiger partial charge in [0.1, 0.15) is 11.3 Å². The predicted octanol–water partition coefficient (Wildman–Crippen LogP) is 4.76. The molecule has 0 bridgehead atoms. The third kappa shape index (κ3) is 3.19.